The van der Waals surface area contributed by atoms with Gasteiger partial charge in [0, 0.05) is 19.8 Å². The second-order valence-electron chi connectivity index (χ2n) is 7.09. The normalized spacial score (nSPS) is 12.7. The number of hydrogen-bond acceptors (Lipinski definition) is 3. The Morgan fingerprint density at radius 3 is 2.10 bits per heavy atom. The summed E-state index contributed by atoms with van der Waals surface area (Å²) in [6.07, 6.45) is 0.180. The molecule has 0 bridgehead atoms. The minimum atomic E-state index is -1.04. The molecule has 2 rings (SSSR count). The number of hydrogen-bond donors (Lipinski definition) is 3. The Morgan fingerprint density at radius 2 is 1.55 bits per heavy atom. The van der Waals surface area contributed by atoms with E-state index in [9.17, 15) is 18.8 Å². The molecule has 0 aromatic heterocycles. The Bertz CT molecular complexity index is 894. The van der Waals surface area contributed by atoms with Crippen molar-refractivity contribution >= 4 is 17.7 Å². The van der Waals surface area contributed by atoms with Crippen molar-refractivity contribution in [1.82, 2.24) is 10.6 Å². The molecule has 154 valence electrons. The molecule has 0 saturated carbocycles. The maximum absolute atomic E-state index is 14.0. The molecule has 0 fully saturated rings. The molecule has 4 N–H and O–H groups in total. The molecule has 0 unspecified atom stereocenters. The maximum atomic E-state index is 14.0. The Morgan fingerprint density at radius 1 is 0.931 bits per heavy atom. The van der Waals surface area contributed by atoms with Crippen LogP contribution in [0.1, 0.15) is 29.2 Å². The van der Waals surface area contributed by atoms with Crippen LogP contribution < -0.4 is 16.4 Å². The van der Waals surface area contributed by atoms with Gasteiger partial charge in [-0.05, 0) is 42.2 Å². The summed E-state index contributed by atoms with van der Waals surface area (Å²) in [5.41, 5.74) is 8.68. The summed E-state index contributed by atoms with van der Waals surface area (Å²) in [5.74, 6) is -2.20. The molecule has 0 saturated heterocycles. The predicted octanol–water partition coefficient (Wildman–Crippen LogP) is 1.70. The van der Waals surface area contributed by atoms with Crippen LogP contribution in [0.4, 0.5) is 4.39 Å². The summed E-state index contributed by atoms with van der Waals surface area (Å²) in [5, 5.41) is 5.13. The van der Waals surface area contributed by atoms with Crippen molar-refractivity contribution in [2.45, 2.75) is 45.7 Å². The van der Waals surface area contributed by atoms with E-state index in [1.54, 1.807) is 18.2 Å². The van der Waals surface area contributed by atoms with Crippen molar-refractivity contribution in [3.63, 3.8) is 0 Å². The molecular formula is C22H26FN3O3. The second kappa shape index (κ2) is 9.82. The van der Waals surface area contributed by atoms with Crippen LogP contribution in [-0.2, 0) is 27.2 Å². The number of carbonyl (C=O) groups excluding carboxylic acids is 3. The van der Waals surface area contributed by atoms with Crippen LogP contribution in [0.25, 0.3) is 0 Å². The van der Waals surface area contributed by atoms with E-state index >= 15 is 0 Å². The molecule has 3 amide bonds. The second-order valence-corrected chi connectivity index (χ2v) is 7.09. The highest BCUT2D eigenvalue weighted by Gasteiger charge is 2.26. The zero-order valence-electron chi connectivity index (χ0n) is 16.8. The van der Waals surface area contributed by atoms with Crippen LogP contribution in [-0.4, -0.2) is 29.8 Å². The minimum absolute atomic E-state index is 0.0486. The summed E-state index contributed by atoms with van der Waals surface area (Å²) >= 11 is 0. The highest BCUT2D eigenvalue weighted by atomic mass is 19.1. The van der Waals surface area contributed by atoms with Gasteiger partial charge in [-0.15, -0.1) is 0 Å². The van der Waals surface area contributed by atoms with Gasteiger partial charge in [0.25, 0.3) is 0 Å². The van der Waals surface area contributed by atoms with Gasteiger partial charge < -0.3 is 16.4 Å². The van der Waals surface area contributed by atoms with Gasteiger partial charge in [0.1, 0.15) is 17.9 Å². The fraction of sp³-hybridized carbons (Fsp3) is 0.318. The molecule has 2 aromatic rings. The fourth-order valence-electron chi connectivity index (χ4n) is 3.21. The van der Waals surface area contributed by atoms with Crippen LogP contribution in [0.3, 0.4) is 0 Å². The fourth-order valence-corrected chi connectivity index (χ4v) is 3.21. The first-order valence-electron chi connectivity index (χ1n) is 9.34. The van der Waals surface area contributed by atoms with Gasteiger partial charge in [0.05, 0.1) is 0 Å². The third-order valence-electron chi connectivity index (χ3n) is 4.79. The first-order chi connectivity index (χ1) is 13.7. The zero-order chi connectivity index (χ0) is 21.6. The van der Waals surface area contributed by atoms with E-state index < -0.39 is 35.6 Å². The van der Waals surface area contributed by atoms with Gasteiger partial charge in [-0.1, -0.05) is 36.4 Å². The van der Waals surface area contributed by atoms with Gasteiger partial charge in [-0.3, -0.25) is 14.4 Å². The Kier molecular flexibility index (Phi) is 7.47. The lowest BCUT2D eigenvalue weighted by atomic mass is 9.95. The number of nitrogens with two attached hydrogens (primary N) is 1. The molecule has 0 aliphatic rings. The lowest BCUT2D eigenvalue weighted by molar-refractivity contribution is -0.130. The van der Waals surface area contributed by atoms with E-state index in [0.717, 1.165) is 16.7 Å². The average molecular weight is 399 g/mol. The minimum Gasteiger partial charge on any atom is -0.368 e. The predicted molar refractivity (Wildman–Crippen MR) is 108 cm³/mol. The van der Waals surface area contributed by atoms with Crippen LogP contribution in [0, 0.1) is 19.7 Å². The lowest BCUT2D eigenvalue weighted by Gasteiger charge is -2.23. The smallest absolute Gasteiger partial charge is 0.243 e. The van der Waals surface area contributed by atoms with Crippen LogP contribution in [0.2, 0.25) is 0 Å². The number of nitrogens with one attached hydrogen (secondary N) is 2. The Balaban J connectivity index is 2.21. The average Bonchev–Trinajstić information content (AvgIpc) is 2.64. The first kappa shape index (κ1) is 22.1. The molecule has 2 atom stereocenters. The third-order valence-corrected chi connectivity index (χ3v) is 4.79. The van der Waals surface area contributed by atoms with Crippen LogP contribution >= 0.6 is 0 Å². The third kappa shape index (κ3) is 6.14. The van der Waals surface area contributed by atoms with Gasteiger partial charge >= 0.3 is 0 Å². The van der Waals surface area contributed by atoms with Crippen molar-refractivity contribution in [2.75, 3.05) is 0 Å². The topological polar surface area (TPSA) is 101 Å². The number of rotatable bonds is 8. The largest absolute Gasteiger partial charge is 0.368 e. The van der Waals surface area contributed by atoms with E-state index in [-0.39, 0.29) is 18.4 Å². The summed E-state index contributed by atoms with van der Waals surface area (Å²) in [7, 11) is 0. The van der Waals surface area contributed by atoms with E-state index in [2.05, 4.69) is 10.6 Å². The molecule has 7 heteroatoms. The quantitative estimate of drug-likeness (QED) is 0.630. The standard InChI is InChI=1S/C22H26FN3O3/c1-13-7-6-8-14(2)17(13)12-19(21(24)28)26-22(29)20(25-15(3)27)11-16-9-4-5-10-18(16)23/h4-10,19-20H,11-12H2,1-3H3,(H2,24,28)(H,25,27)(H,26,29)/t19-,20+/m0/s1. The van der Waals surface area contributed by atoms with E-state index in [1.165, 1.54) is 13.0 Å². The zero-order valence-corrected chi connectivity index (χ0v) is 16.8. The summed E-state index contributed by atoms with van der Waals surface area (Å²) in [6, 6.07) is 9.76. The van der Waals surface area contributed by atoms with Crippen LogP contribution in [0.5, 0.6) is 0 Å². The molecule has 6 nitrogen and oxygen atoms in total. The monoisotopic (exact) mass is 399 g/mol. The SMILES string of the molecule is CC(=O)N[C@H](Cc1ccccc1F)C(=O)N[C@@H](Cc1c(C)cccc1C)C(N)=O. The van der Waals surface area contributed by atoms with Gasteiger partial charge in [0.2, 0.25) is 17.7 Å². The number of amides is 3. The molecule has 0 aliphatic heterocycles. The number of carbonyl (C=O) groups is 3. The molecule has 2 aromatic carbocycles. The number of benzene rings is 2. The summed E-state index contributed by atoms with van der Waals surface area (Å²) in [6.45, 7) is 5.10. The maximum Gasteiger partial charge on any atom is 0.243 e. The van der Waals surface area contributed by atoms with E-state index in [1.807, 2.05) is 32.0 Å². The van der Waals surface area contributed by atoms with Gasteiger partial charge in [-0.25, -0.2) is 4.39 Å². The van der Waals surface area contributed by atoms with Crippen molar-refractivity contribution in [1.29, 1.82) is 0 Å². The molecule has 0 spiro atoms. The van der Waals surface area contributed by atoms with Gasteiger partial charge in [-0.2, -0.15) is 0 Å². The Hall–Kier alpha value is -3.22. The van der Waals surface area contributed by atoms with E-state index in [0.29, 0.717) is 0 Å². The summed E-state index contributed by atoms with van der Waals surface area (Å²) in [4.78, 5) is 36.3. The van der Waals surface area contributed by atoms with Crippen molar-refractivity contribution < 1.29 is 18.8 Å². The number of aryl methyl sites for hydroxylation is 2. The van der Waals surface area contributed by atoms with Crippen molar-refractivity contribution in [3.05, 3.63) is 70.5 Å². The molecular weight excluding hydrogens is 373 g/mol. The Labute approximate surface area is 169 Å². The lowest BCUT2D eigenvalue weighted by Crippen LogP contribution is -2.54. The number of halogens is 1. The van der Waals surface area contributed by atoms with Crippen molar-refractivity contribution in [2.24, 2.45) is 5.73 Å². The molecule has 0 heterocycles. The van der Waals surface area contributed by atoms with Crippen molar-refractivity contribution in [3.8, 4) is 0 Å². The van der Waals surface area contributed by atoms with E-state index in [4.69, 9.17) is 5.73 Å². The first-order valence-corrected chi connectivity index (χ1v) is 9.34. The van der Waals surface area contributed by atoms with Crippen LogP contribution in [0.15, 0.2) is 42.5 Å². The molecule has 0 aliphatic carbocycles. The molecule has 0 radical (unpaired) electrons. The highest BCUT2D eigenvalue weighted by molar-refractivity contribution is 5.91. The summed E-state index contributed by atoms with van der Waals surface area (Å²) < 4.78 is 14.0. The molecule has 29 heavy (non-hydrogen) atoms. The highest BCUT2D eigenvalue weighted by Crippen LogP contribution is 2.16. The number of primary amides is 1. The van der Waals surface area contributed by atoms with Gasteiger partial charge in [0.15, 0.2) is 0 Å².